The number of carbonyl (C=O) groups excluding carboxylic acids is 1. The Balaban J connectivity index is 1.64. The number of carbonyl (C=O) groups is 1. The molecule has 0 saturated carbocycles. The maximum absolute atomic E-state index is 12.6. The van der Waals surface area contributed by atoms with Crippen LogP contribution >= 0.6 is 0 Å². The van der Waals surface area contributed by atoms with Crippen molar-refractivity contribution in [3.05, 3.63) is 16.3 Å². The fourth-order valence-electron chi connectivity index (χ4n) is 3.70. The second-order valence-corrected chi connectivity index (χ2v) is 7.12. The smallest absolute Gasteiger partial charge is 0.346 e. The van der Waals surface area contributed by atoms with Crippen molar-refractivity contribution < 1.29 is 9.90 Å². The summed E-state index contributed by atoms with van der Waals surface area (Å²) >= 11 is 0. The van der Waals surface area contributed by atoms with Crippen molar-refractivity contribution in [3.63, 3.8) is 0 Å². The molecule has 0 spiro atoms. The zero-order valence-electron chi connectivity index (χ0n) is 15.1. The van der Waals surface area contributed by atoms with Gasteiger partial charge in [0.1, 0.15) is 12.4 Å². The summed E-state index contributed by atoms with van der Waals surface area (Å²) in [5.74, 6) is 0.767. The van der Waals surface area contributed by atoms with Crippen molar-refractivity contribution in [2.24, 2.45) is 0 Å². The number of hydrogen-bond acceptors (Lipinski definition) is 5. The van der Waals surface area contributed by atoms with Crippen molar-refractivity contribution in [2.75, 3.05) is 32.8 Å². The summed E-state index contributed by atoms with van der Waals surface area (Å²) in [4.78, 5) is 29.2. The first-order valence-corrected chi connectivity index (χ1v) is 9.39. The first-order chi connectivity index (χ1) is 12.1. The van der Waals surface area contributed by atoms with E-state index >= 15 is 0 Å². The molecule has 0 radical (unpaired) electrons. The molecule has 1 aromatic rings. The number of aliphatic hydroxyl groups is 1. The summed E-state index contributed by atoms with van der Waals surface area (Å²) in [5, 5.41) is 13.7. The largest absolute Gasteiger partial charge is 0.395 e. The molecule has 0 aromatic carbocycles. The van der Waals surface area contributed by atoms with Crippen LogP contribution in [0.3, 0.4) is 0 Å². The summed E-state index contributed by atoms with van der Waals surface area (Å²) < 4.78 is 3.06. The molecule has 1 aromatic heterocycles. The van der Waals surface area contributed by atoms with E-state index in [0.29, 0.717) is 19.6 Å². The third-order valence-electron chi connectivity index (χ3n) is 5.34. The van der Waals surface area contributed by atoms with Gasteiger partial charge in [0.25, 0.3) is 0 Å². The summed E-state index contributed by atoms with van der Waals surface area (Å²) in [5.41, 5.74) is -0.157. The van der Waals surface area contributed by atoms with E-state index in [2.05, 4.69) is 10.00 Å². The molecule has 3 rings (SSSR count). The van der Waals surface area contributed by atoms with E-state index in [1.165, 1.54) is 4.68 Å². The lowest BCUT2D eigenvalue weighted by molar-refractivity contribution is -0.132. The summed E-state index contributed by atoms with van der Waals surface area (Å²) in [7, 11) is 0. The van der Waals surface area contributed by atoms with Gasteiger partial charge in [0.2, 0.25) is 5.91 Å². The molecule has 0 aliphatic carbocycles. The Hall–Kier alpha value is -1.67. The molecule has 140 valence electrons. The average Bonchev–Trinajstić information content (AvgIpc) is 2.87. The van der Waals surface area contributed by atoms with Gasteiger partial charge in [0.05, 0.1) is 6.61 Å². The first kappa shape index (κ1) is 18.1. The van der Waals surface area contributed by atoms with Gasteiger partial charge in [-0.15, -0.1) is 0 Å². The van der Waals surface area contributed by atoms with Crippen LogP contribution in [0.5, 0.6) is 0 Å². The molecule has 2 aliphatic heterocycles. The van der Waals surface area contributed by atoms with Crippen LogP contribution in [0.25, 0.3) is 0 Å². The van der Waals surface area contributed by atoms with Gasteiger partial charge in [-0.2, -0.15) is 5.10 Å². The number of amides is 1. The van der Waals surface area contributed by atoms with Crippen molar-refractivity contribution >= 4 is 5.91 Å². The molecule has 25 heavy (non-hydrogen) atoms. The van der Waals surface area contributed by atoms with Crippen LogP contribution in [0.2, 0.25) is 0 Å². The molecule has 1 N–H and O–H groups in total. The predicted octanol–water partition coefficient (Wildman–Crippen LogP) is -0.314. The molecule has 1 amide bonds. The van der Waals surface area contributed by atoms with E-state index in [4.69, 9.17) is 0 Å². The average molecular weight is 351 g/mol. The van der Waals surface area contributed by atoms with Crippen LogP contribution in [0.1, 0.15) is 38.4 Å². The molecular weight excluding hydrogens is 322 g/mol. The molecule has 0 unspecified atom stereocenters. The third kappa shape index (κ3) is 4.12. The fraction of sp³-hybridized carbons (Fsp3) is 0.824. The number of nitrogens with zero attached hydrogens (tertiary/aromatic N) is 5. The third-order valence-corrected chi connectivity index (χ3v) is 5.34. The highest BCUT2D eigenvalue weighted by Gasteiger charge is 2.23. The van der Waals surface area contributed by atoms with Crippen molar-refractivity contribution in [2.45, 2.75) is 58.2 Å². The van der Waals surface area contributed by atoms with Crippen LogP contribution in [0, 0.1) is 0 Å². The molecule has 1 fully saturated rings. The molecule has 8 nitrogen and oxygen atoms in total. The van der Waals surface area contributed by atoms with E-state index in [9.17, 15) is 14.7 Å². The fourth-order valence-corrected chi connectivity index (χ4v) is 3.70. The molecule has 2 aliphatic rings. The number of rotatable bonds is 4. The number of aryl methyl sites for hydroxylation is 1. The van der Waals surface area contributed by atoms with Crippen LogP contribution in [-0.4, -0.2) is 74.0 Å². The first-order valence-electron chi connectivity index (χ1n) is 9.39. The SMILES string of the molecule is C[C@H](CO)N1CCCN(C(=O)Cn2nc3n(c2=O)CCCCC3)CC1. The molecule has 8 heteroatoms. The quantitative estimate of drug-likeness (QED) is 0.804. The highest BCUT2D eigenvalue weighted by Crippen LogP contribution is 2.11. The number of fused-ring (bicyclic) bond motifs is 1. The number of hydrogen-bond donors (Lipinski definition) is 1. The summed E-state index contributed by atoms with van der Waals surface area (Å²) in [6.45, 7) is 5.81. The van der Waals surface area contributed by atoms with E-state index in [1.807, 2.05) is 11.8 Å². The molecular formula is C17H29N5O3. The number of aromatic nitrogens is 3. The Morgan fingerprint density at radius 1 is 1.12 bits per heavy atom. The Kier molecular flexibility index (Phi) is 5.90. The predicted molar refractivity (Wildman–Crippen MR) is 93.4 cm³/mol. The minimum atomic E-state index is -0.157. The maximum atomic E-state index is 12.6. The lowest BCUT2D eigenvalue weighted by Crippen LogP contribution is -2.41. The minimum absolute atomic E-state index is 0.0222. The monoisotopic (exact) mass is 351 g/mol. The summed E-state index contributed by atoms with van der Waals surface area (Å²) in [6.07, 6.45) is 4.87. The second-order valence-electron chi connectivity index (χ2n) is 7.12. The number of aliphatic hydroxyl groups excluding tert-OH is 1. The van der Waals surface area contributed by atoms with Crippen LogP contribution < -0.4 is 5.69 Å². The van der Waals surface area contributed by atoms with Gasteiger partial charge >= 0.3 is 5.69 Å². The van der Waals surface area contributed by atoms with Crippen molar-refractivity contribution in [1.29, 1.82) is 0 Å². The van der Waals surface area contributed by atoms with Gasteiger partial charge in [-0.1, -0.05) is 6.42 Å². The van der Waals surface area contributed by atoms with Crippen molar-refractivity contribution in [3.8, 4) is 0 Å². The van der Waals surface area contributed by atoms with Gasteiger partial charge in [-0.25, -0.2) is 9.48 Å². The van der Waals surface area contributed by atoms with E-state index in [0.717, 1.165) is 51.0 Å². The van der Waals surface area contributed by atoms with E-state index in [1.54, 1.807) is 4.57 Å². The van der Waals surface area contributed by atoms with Gasteiger partial charge in [-0.05, 0) is 26.2 Å². The topological polar surface area (TPSA) is 83.6 Å². The van der Waals surface area contributed by atoms with Gasteiger partial charge in [-0.3, -0.25) is 14.3 Å². The van der Waals surface area contributed by atoms with Crippen molar-refractivity contribution in [1.82, 2.24) is 24.1 Å². The molecule has 1 saturated heterocycles. The zero-order chi connectivity index (χ0) is 17.8. The Morgan fingerprint density at radius 3 is 2.76 bits per heavy atom. The standard InChI is InChI=1S/C17H29N5O3/c1-14(13-23)19-7-5-8-20(11-10-19)16(24)12-22-17(25)21-9-4-2-3-6-15(21)18-22/h14,23H,2-13H2,1H3/t14-/m1/s1. The van der Waals surface area contributed by atoms with Gasteiger partial charge in [0.15, 0.2) is 0 Å². The minimum Gasteiger partial charge on any atom is -0.395 e. The van der Waals surface area contributed by atoms with Gasteiger partial charge in [0, 0.05) is 45.2 Å². The highest BCUT2D eigenvalue weighted by atomic mass is 16.3. The second kappa shape index (κ2) is 8.14. The Bertz CT molecular complexity index is 653. The highest BCUT2D eigenvalue weighted by molar-refractivity contribution is 5.75. The lowest BCUT2D eigenvalue weighted by atomic mass is 10.2. The lowest BCUT2D eigenvalue weighted by Gasteiger charge is -2.26. The zero-order valence-corrected chi connectivity index (χ0v) is 15.1. The summed E-state index contributed by atoms with van der Waals surface area (Å²) in [6, 6.07) is 0.112. The normalized spacial score (nSPS) is 20.6. The maximum Gasteiger partial charge on any atom is 0.346 e. The van der Waals surface area contributed by atoms with E-state index < -0.39 is 0 Å². The van der Waals surface area contributed by atoms with Gasteiger partial charge < -0.3 is 10.0 Å². The van der Waals surface area contributed by atoms with Crippen LogP contribution in [0.4, 0.5) is 0 Å². The molecule has 1 atom stereocenters. The van der Waals surface area contributed by atoms with Crippen LogP contribution in [-0.2, 0) is 24.3 Å². The van der Waals surface area contributed by atoms with E-state index in [-0.39, 0.29) is 30.8 Å². The van der Waals surface area contributed by atoms with Crippen LogP contribution in [0.15, 0.2) is 4.79 Å². The molecule has 3 heterocycles. The molecule has 0 bridgehead atoms. The Labute approximate surface area is 148 Å². The Morgan fingerprint density at radius 2 is 1.96 bits per heavy atom.